The van der Waals surface area contributed by atoms with Crippen molar-refractivity contribution in [2.75, 3.05) is 0 Å². The van der Waals surface area contributed by atoms with Crippen LogP contribution in [0.4, 0.5) is 0 Å². The van der Waals surface area contributed by atoms with Crippen LogP contribution < -0.4 is 41.5 Å². The van der Waals surface area contributed by atoms with Gasteiger partial charge in [-0.15, -0.1) is 0 Å². The van der Waals surface area contributed by atoms with E-state index in [1.807, 2.05) is 0 Å². The summed E-state index contributed by atoms with van der Waals surface area (Å²) in [7, 11) is -5.58. The summed E-state index contributed by atoms with van der Waals surface area (Å²) in [6.45, 7) is 0. The second kappa shape index (κ2) is 33.2. The number of hydrogen-bond donors (Lipinski definition) is 0. The van der Waals surface area contributed by atoms with E-state index in [2.05, 4.69) is 552 Å². The van der Waals surface area contributed by atoms with E-state index < -0.39 is 16.1 Å². The lowest BCUT2D eigenvalue weighted by atomic mass is 9.97. The van der Waals surface area contributed by atoms with Crippen LogP contribution in [0.25, 0.3) is 176 Å². The molecule has 0 amide bonds. The standard InChI is InChI=1S/2C64H44N2Si/c1-5-17-51(18-6-1)65-61-27-15-13-25-57(61)59-43-49(35-39-63(59)65)45-29-31-46(32-30-45)50-36-40-64-60(44-50)58-26-14-16-28-62(58)66(64)52-37-33-48-42-56(38-34-47(48)41-52)67(53-19-7-2-8-20-53,54-21-9-3-10-22-54)55-23-11-4-12-24-55;1-5-21-51(22-6-1)65-61-31-17-15-29-57(61)59-43-47(34-37-63(59)65)49-39-50(42-56(41-49)67(53-23-7-2-8-24-53,54-25-9-3-10-26-54)55-27-11-4-12-28-55)48-35-38-64-60(44-48)58-30-16-18-32-62(58)66(64)52-36-33-45-19-13-14-20-46(45)40-52/h2*1-44H. The van der Waals surface area contributed by atoms with Gasteiger partial charge in [-0.3, -0.25) is 0 Å². The zero-order valence-electron chi connectivity index (χ0n) is 73.6. The Balaban J connectivity index is 0.000000143. The van der Waals surface area contributed by atoms with Gasteiger partial charge in [0.1, 0.15) is 0 Å². The largest absolute Gasteiger partial charge is 0.309 e. The fourth-order valence-corrected chi connectivity index (χ4v) is 31.6. The number of aromatic nitrogens is 4. The number of para-hydroxylation sites is 6. The molecule has 0 aliphatic rings. The summed E-state index contributed by atoms with van der Waals surface area (Å²) in [5.41, 5.74) is 23.9. The van der Waals surface area contributed by atoms with E-state index in [0.717, 1.165) is 17.1 Å². The average molecular weight is 1740 g/mol. The van der Waals surface area contributed by atoms with Crippen molar-refractivity contribution in [2.24, 2.45) is 0 Å². The second-order valence-electron chi connectivity index (χ2n) is 35.4. The summed E-state index contributed by atoms with van der Waals surface area (Å²) in [5.74, 6) is 0. The first-order valence-electron chi connectivity index (χ1n) is 46.3. The number of nitrogens with zero attached hydrogens (tertiary/aromatic N) is 4. The molecule has 134 heavy (non-hydrogen) atoms. The highest BCUT2D eigenvalue weighted by molar-refractivity contribution is 7.20. The van der Waals surface area contributed by atoms with Gasteiger partial charge in [-0.25, -0.2) is 0 Å². The maximum Gasteiger partial charge on any atom is 0.179 e. The first-order valence-corrected chi connectivity index (χ1v) is 50.3. The summed E-state index contributed by atoms with van der Waals surface area (Å²) >= 11 is 0. The van der Waals surface area contributed by atoms with Crippen LogP contribution in [0.1, 0.15) is 0 Å². The highest BCUT2D eigenvalue weighted by Gasteiger charge is 2.43. The lowest BCUT2D eigenvalue weighted by molar-refractivity contribution is 1.18. The molecule has 0 atom stereocenters. The number of rotatable bonds is 16. The molecule has 22 aromatic carbocycles. The molecule has 4 aromatic heterocycles. The first kappa shape index (κ1) is 79.2. The number of benzene rings is 22. The zero-order chi connectivity index (χ0) is 88.6. The van der Waals surface area contributed by atoms with E-state index in [9.17, 15) is 0 Å². The van der Waals surface area contributed by atoms with Gasteiger partial charge in [0.05, 0.1) is 44.1 Å². The van der Waals surface area contributed by atoms with Crippen molar-refractivity contribution in [3.05, 3.63) is 534 Å². The van der Waals surface area contributed by atoms with Crippen molar-refractivity contribution >= 4 is 166 Å². The van der Waals surface area contributed by atoms with Crippen molar-refractivity contribution in [3.8, 4) is 67.3 Å². The van der Waals surface area contributed by atoms with Crippen LogP contribution in [0.5, 0.6) is 0 Å². The Morgan fingerprint density at radius 3 is 0.694 bits per heavy atom. The van der Waals surface area contributed by atoms with Crippen LogP contribution >= 0.6 is 0 Å². The smallest absolute Gasteiger partial charge is 0.179 e. The number of fused-ring (bicyclic) bond motifs is 14. The van der Waals surface area contributed by atoms with Gasteiger partial charge >= 0.3 is 0 Å². The minimum Gasteiger partial charge on any atom is -0.309 e. The third-order valence-electron chi connectivity index (χ3n) is 28.1. The Bertz CT molecular complexity index is 8770. The molecule has 26 rings (SSSR count). The lowest BCUT2D eigenvalue weighted by Gasteiger charge is -2.35. The van der Waals surface area contributed by atoms with Crippen LogP contribution in [0, 0.1) is 0 Å². The van der Waals surface area contributed by atoms with Gasteiger partial charge in [0.15, 0.2) is 16.1 Å². The van der Waals surface area contributed by atoms with Crippen molar-refractivity contribution in [2.45, 2.75) is 0 Å². The molecule has 0 spiro atoms. The van der Waals surface area contributed by atoms with Gasteiger partial charge in [0.2, 0.25) is 0 Å². The van der Waals surface area contributed by atoms with Gasteiger partial charge in [-0.05, 0) is 235 Å². The number of hydrogen-bond acceptors (Lipinski definition) is 0. The van der Waals surface area contributed by atoms with Crippen molar-refractivity contribution in [1.29, 1.82) is 0 Å². The van der Waals surface area contributed by atoms with Gasteiger partial charge in [-0.2, -0.15) is 0 Å². The van der Waals surface area contributed by atoms with Crippen molar-refractivity contribution in [1.82, 2.24) is 18.3 Å². The van der Waals surface area contributed by atoms with Gasteiger partial charge in [-0.1, -0.05) is 406 Å². The Hall–Kier alpha value is -17.0. The van der Waals surface area contributed by atoms with E-state index in [1.54, 1.807) is 0 Å². The first-order chi connectivity index (χ1) is 66.4. The van der Waals surface area contributed by atoms with Crippen LogP contribution in [0.2, 0.25) is 0 Å². The summed E-state index contributed by atoms with van der Waals surface area (Å²) < 4.78 is 9.64. The molecule has 0 aliphatic heterocycles. The molecule has 0 bridgehead atoms. The topological polar surface area (TPSA) is 19.7 Å². The predicted octanol–water partition coefficient (Wildman–Crippen LogP) is 27.5. The van der Waals surface area contributed by atoms with Crippen LogP contribution in [0.3, 0.4) is 0 Å². The SMILES string of the molecule is c1ccc(-n2c3ccccc3c3cc(-c4cc(-c5ccc6c(c5)c5ccccc5n6-c5ccc6ccccc6c5)cc([Si](c5ccccc5)(c5ccccc5)c5ccccc5)c4)ccc32)cc1.c1ccc(-n2c3ccccc3c3cc(-c4ccc(-c5ccc6c(c5)c5ccccc5n6-c5ccc6cc([Si](c7ccccc7)(c7ccccc7)c7ccccc7)ccc6c5)cc4)ccc32)cc1. The third-order valence-corrected chi connectivity index (χ3v) is 37.6. The normalized spacial score (nSPS) is 11.9. The van der Waals surface area contributed by atoms with Gasteiger partial charge in [0, 0.05) is 65.8 Å². The molecule has 0 fully saturated rings. The fourth-order valence-electron chi connectivity index (χ4n) is 22.0. The van der Waals surface area contributed by atoms with E-state index in [0.29, 0.717) is 0 Å². The quantitative estimate of drug-likeness (QED) is 0.0679. The molecule has 6 heteroatoms. The summed E-state index contributed by atoms with van der Waals surface area (Å²) in [5, 5.41) is 25.8. The third kappa shape index (κ3) is 13.3. The van der Waals surface area contributed by atoms with Crippen molar-refractivity contribution < 1.29 is 0 Å². The second-order valence-corrected chi connectivity index (χ2v) is 43.0. The van der Waals surface area contributed by atoms with E-state index in [-0.39, 0.29) is 0 Å². The Morgan fingerprint density at radius 2 is 0.351 bits per heavy atom. The van der Waals surface area contributed by atoms with Crippen LogP contribution in [0.15, 0.2) is 534 Å². The Labute approximate surface area is 780 Å². The van der Waals surface area contributed by atoms with Crippen molar-refractivity contribution in [3.63, 3.8) is 0 Å². The molecule has 4 nitrogen and oxygen atoms in total. The maximum absolute atomic E-state index is 2.93. The minimum atomic E-state index is -2.93. The monoisotopic (exact) mass is 1740 g/mol. The summed E-state index contributed by atoms with van der Waals surface area (Å²) in [6, 6.07) is 198. The maximum atomic E-state index is 2.52. The van der Waals surface area contributed by atoms with Gasteiger partial charge < -0.3 is 18.3 Å². The zero-order valence-corrected chi connectivity index (χ0v) is 75.6. The van der Waals surface area contributed by atoms with Crippen LogP contribution in [-0.2, 0) is 0 Å². The Morgan fingerprint density at radius 1 is 0.112 bits per heavy atom. The van der Waals surface area contributed by atoms with Crippen LogP contribution in [-0.4, -0.2) is 34.4 Å². The minimum absolute atomic E-state index is 1.16. The predicted molar refractivity (Wildman–Crippen MR) is 574 cm³/mol. The highest BCUT2D eigenvalue weighted by atomic mass is 28.3. The van der Waals surface area contributed by atoms with E-state index in [1.165, 1.54) is 200 Å². The molecule has 0 unspecified atom stereocenters. The lowest BCUT2D eigenvalue weighted by Crippen LogP contribution is -2.74. The summed E-state index contributed by atoms with van der Waals surface area (Å²) in [6.07, 6.45) is 0. The van der Waals surface area contributed by atoms with E-state index in [4.69, 9.17) is 0 Å². The molecule has 0 saturated carbocycles. The molecule has 26 aromatic rings. The Kier molecular flexibility index (Phi) is 19.6. The molecular weight excluding hydrogens is 1650 g/mol. The molecule has 0 radical (unpaired) electrons. The molecule has 628 valence electrons. The molecule has 0 aliphatic carbocycles. The molecular formula is C128H88N4Si2. The highest BCUT2D eigenvalue weighted by Crippen LogP contribution is 2.43. The molecule has 0 saturated heterocycles. The average Bonchev–Trinajstić information content (AvgIpc) is 1.75. The van der Waals surface area contributed by atoms with E-state index >= 15 is 0 Å². The fraction of sp³-hybridized carbons (Fsp3) is 0. The summed E-state index contributed by atoms with van der Waals surface area (Å²) in [4.78, 5) is 0. The molecule has 4 heterocycles. The molecule has 0 N–H and O–H groups in total. The van der Waals surface area contributed by atoms with Gasteiger partial charge in [0.25, 0.3) is 0 Å².